The number of hydrogen-bond donors (Lipinski definition) is 2. The maximum Gasteiger partial charge on any atom is 0.220 e. The van der Waals surface area contributed by atoms with Crippen LogP contribution in [0, 0.1) is 5.92 Å². The van der Waals surface area contributed by atoms with Gasteiger partial charge in [-0.1, -0.05) is 0 Å². The van der Waals surface area contributed by atoms with E-state index >= 15 is 0 Å². The second-order valence-electron chi connectivity index (χ2n) is 7.14. The monoisotopic (exact) mass is 324 g/mol. The van der Waals surface area contributed by atoms with Crippen LogP contribution in [0.3, 0.4) is 0 Å². The summed E-state index contributed by atoms with van der Waals surface area (Å²) in [6.07, 6.45) is 9.74. The lowest BCUT2D eigenvalue weighted by atomic mass is 10.1. The molecule has 2 atom stereocenters. The van der Waals surface area contributed by atoms with E-state index in [1.165, 1.54) is 12.8 Å². The van der Waals surface area contributed by atoms with Crippen LogP contribution in [0.2, 0.25) is 0 Å². The average molecular weight is 324 g/mol. The van der Waals surface area contributed by atoms with Crippen molar-refractivity contribution in [3.63, 3.8) is 0 Å². The zero-order valence-corrected chi connectivity index (χ0v) is 13.4. The van der Waals surface area contributed by atoms with Gasteiger partial charge in [-0.15, -0.1) is 10.2 Å². The average Bonchev–Trinajstić information content (AvgIpc) is 2.99. The van der Waals surface area contributed by atoms with Crippen LogP contribution in [0.5, 0.6) is 0 Å². The highest BCUT2D eigenvalue weighted by molar-refractivity contribution is 5.77. The minimum atomic E-state index is 0.214. The third-order valence-corrected chi connectivity index (χ3v) is 5.30. The van der Waals surface area contributed by atoms with Gasteiger partial charge in [0.1, 0.15) is 5.82 Å². The van der Waals surface area contributed by atoms with Crippen molar-refractivity contribution in [2.45, 2.75) is 50.5 Å². The van der Waals surface area contributed by atoms with Gasteiger partial charge in [-0.25, -0.2) is 4.98 Å². The molecule has 2 N–H and O–H groups in total. The van der Waals surface area contributed by atoms with E-state index in [0.29, 0.717) is 18.3 Å². The van der Waals surface area contributed by atoms with E-state index in [9.17, 15) is 4.79 Å². The molecule has 0 radical (unpaired) electrons. The second-order valence-corrected chi connectivity index (χ2v) is 7.14. The fourth-order valence-corrected chi connectivity index (χ4v) is 3.88. The molecule has 3 aromatic rings. The molecular formula is C17H20N6O. The number of nitrogens with one attached hydrogen (secondary N) is 2. The molecule has 7 nitrogen and oxygen atoms in total. The van der Waals surface area contributed by atoms with Crippen LogP contribution >= 0.6 is 0 Å². The van der Waals surface area contributed by atoms with Crippen molar-refractivity contribution in [2.24, 2.45) is 5.92 Å². The number of hydrogen-bond acceptors (Lipinski definition) is 4. The number of H-pyrrole nitrogens is 1. The molecule has 2 aliphatic rings. The first-order valence-corrected chi connectivity index (χ1v) is 8.74. The number of aromatic nitrogens is 5. The Balaban J connectivity index is 1.38. The normalized spacial score (nSPS) is 24.0. The van der Waals surface area contributed by atoms with Crippen LogP contribution in [0.4, 0.5) is 0 Å². The number of aromatic amines is 1. The maximum atomic E-state index is 12.0. The number of rotatable bonds is 4. The number of carbonyl (C=O) groups excluding carboxylic acids is 1. The Bertz CT molecular complexity index is 908. The van der Waals surface area contributed by atoms with Gasteiger partial charge in [-0.05, 0) is 44.1 Å². The van der Waals surface area contributed by atoms with Crippen LogP contribution < -0.4 is 5.32 Å². The van der Waals surface area contributed by atoms with Gasteiger partial charge < -0.3 is 10.3 Å². The van der Waals surface area contributed by atoms with Crippen molar-refractivity contribution in [1.82, 2.24) is 29.9 Å². The molecule has 0 aliphatic heterocycles. The third-order valence-electron chi connectivity index (χ3n) is 5.30. The van der Waals surface area contributed by atoms with E-state index in [4.69, 9.17) is 0 Å². The van der Waals surface area contributed by atoms with Gasteiger partial charge in [0.25, 0.3) is 0 Å². The summed E-state index contributed by atoms with van der Waals surface area (Å²) in [5, 5.41) is 11.9. The molecule has 0 unspecified atom stereocenters. The van der Waals surface area contributed by atoms with Crippen molar-refractivity contribution in [3.8, 4) is 0 Å². The molecule has 124 valence electrons. The summed E-state index contributed by atoms with van der Waals surface area (Å²) in [5.41, 5.74) is 2.63. The molecule has 2 saturated carbocycles. The summed E-state index contributed by atoms with van der Waals surface area (Å²) in [6.45, 7) is 0. The summed E-state index contributed by atoms with van der Waals surface area (Å²) in [7, 11) is 0. The zero-order chi connectivity index (χ0) is 16.1. The SMILES string of the molecule is O=C(CC1CC1)N[C@H]1CC[C@@H](c2nnc3cnc4[nH]ccc4n23)C1. The smallest absolute Gasteiger partial charge is 0.220 e. The number of fused-ring (bicyclic) bond motifs is 3. The Morgan fingerprint density at radius 1 is 1.29 bits per heavy atom. The van der Waals surface area contributed by atoms with Gasteiger partial charge in [-0.2, -0.15) is 0 Å². The standard InChI is InChI=1S/C17H20N6O/c24-15(7-10-1-2-10)20-12-4-3-11(8-12)17-22-21-14-9-19-16-13(23(14)17)5-6-18-16/h5-6,9-12,18H,1-4,7-8H2,(H,20,24)/t11-,12+/m1/s1. The molecule has 5 rings (SSSR count). The molecule has 0 aromatic carbocycles. The summed E-state index contributed by atoms with van der Waals surface area (Å²) < 4.78 is 2.10. The van der Waals surface area contributed by atoms with Crippen molar-refractivity contribution in [1.29, 1.82) is 0 Å². The number of amides is 1. The summed E-state index contributed by atoms with van der Waals surface area (Å²) in [4.78, 5) is 19.5. The Morgan fingerprint density at radius 3 is 3.08 bits per heavy atom. The maximum absolute atomic E-state index is 12.0. The van der Waals surface area contributed by atoms with E-state index in [0.717, 1.165) is 41.9 Å². The molecule has 0 saturated heterocycles. The summed E-state index contributed by atoms with van der Waals surface area (Å²) in [5.74, 6) is 2.16. The summed E-state index contributed by atoms with van der Waals surface area (Å²) >= 11 is 0. The van der Waals surface area contributed by atoms with Gasteiger partial charge in [0.2, 0.25) is 5.91 Å². The van der Waals surface area contributed by atoms with Gasteiger partial charge in [0, 0.05) is 24.6 Å². The molecule has 1 amide bonds. The largest absolute Gasteiger partial charge is 0.353 e. The third kappa shape index (κ3) is 2.35. The van der Waals surface area contributed by atoms with Crippen LogP contribution in [-0.2, 0) is 4.79 Å². The zero-order valence-electron chi connectivity index (χ0n) is 13.4. The minimum absolute atomic E-state index is 0.214. The van der Waals surface area contributed by atoms with Crippen molar-refractivity contribution < 1.29 is 4.79 Å². The van der Waals surface area contributed by atoms with Crippen molar-refractivity contribution in [3.05, 3.63) is 24.3 Å². The number of carbonyl (C=O) groups is 1. The quantitative estimate of drug-likeness (QED) is 0.770. The first-order chi connectivity index (χ1) is 11.8. The molecular weight excluding hydrogens is 304 g/mol. The molecule has 0 bridgehead atoms. The van der Waals surface area contributed by atoms with Crippen molar-refractivity contribution >= 4 is 22.7 Å². The first-order valence-electron chi connectivity index (χ1n) is 8.74. The molecule has 2 fully saturated rings. The molecule has 0 spiro atoms. The van der Waals surface area contributed by atoms with E-state index in [2.05, 4.69) is 29.9 Å². The Kier molecular flexibility index (Phi) is 3.08. The first kappa shape index (κ1) is 13.9. The lowest BCUT2D eigenvalue weighted by molar-refractivity contribution is -0.122. The van der Waals surface area contributed by atoms with Gasteiger partial charge in [0.05, 0.1) is 11.7 Å². The lowest BCUT2D eigenvalue weighted by Gasteiger charge is -2.13. The molecule has 3 heterocycles. The fraction of sp³-hybridized carbons (Fsp3) is 0.529. The minimum Gasteiger partial charge on any atom is -0.353 e. The summed E-state index contributed by atoms with van der Waals surface area (Å²) in [6, 6.07) is 2.27. The van der Waals surface area contributed by atoms with Crippen LogP contribution in [0.1, 0.15) is 50.3 Å². The van der Waals surface area contributed by atoms with E-state index in [1.807, 2.05) is 12.3 Å². The fourth-order valence-electron chi connectivity index (χ4n) is 3.88. The molecule has 7 heteroatoms. The topological polar surface area (TPSA) is 88.0 Å². The highest BCUT2D eigenvalue weighted by Crippen LogP contribution is 2.35. The Hall–Kier alpha value is -2.44. The van der Waals surface area contributed by atoms with Crippen molar-refractivity contribution in [2.75, 3.05) is 0 Å². The highest BCUT2D eigenvalue weighted by Gasteiger charge is 2.32. The van der Waals surface area contributed by atoms with E-state index in [1.54, 1.807) is 6.20 Å². The van der Waals surface area contributed by atoms with Crippen LogP contribution in [0.15, 0.2) is 18.5 Å². The number of nitrogens with zero attached hydrogens (tertiary/aromatic N) is 4. The lowest BCUT2D eigenvalue weighted by Crippen LogP contribution is -2.33. The van der Waals surface area contributed by atoms with Gasteiger partial charge in [-0.3, -0.25) is 9.20 Å². The van der Waals surface area contributed by atoms with Crippen LogP contribution in [-0.4, -0.2) is 36.5 Å². The predicted molar refractivity (Wildman–Crippen MR) is 88.5 cm³/mol. The van der Waals surface area contributed by atoms with E-state index in [-0.39, 0.29) is 11.9 Å². The van der Waals surface area contributed by atoms with Gasteiger partial charge >= 0.3 is 0 Å². The molecule has 2 aliphatic carbocycles. The highest BCUT2D eigenvalue weighted by atomic mass is 16.1. The predicted octanol–water partition coefficient (Wildman–Crippen LogP) is 2.16. The van der Waals surface area contributed by atoms with E-state index < -0.39 is 0 Å². The Labute approximate surface area is 138 Å². The second kappa shape index (κ2) is 5.29. The molecule has 24 heavy (non-hydrogen) atoms. The molecule has 3 aromatic heterocycles. The Morgan fingerprint density at radius 2 is 2.21 bits per heavy atom. The van der Waals surface area contributed by atoms with Crippen LogP contribution in [0.25, 0.3) is 16.8 Å². The van der Waals surface area contributed by atoms with Gasteiger partial charge in [0.15, 0.2) is 11.3 Å².